The summed E-state index contributed by atoms with van der Waals surface area (Å²) < 4.78 is 18.2. The van der Waals surface area contributed by atoms with Crippen molar-refractivity contribution in [2.24, 2.45) is 5.73 Å². The average Bonchev–Trinajstić information content (AvgIpc) is 3.24. The number of benzene rings is 3. The van der Waals surface area contributed by atoms with Gasteiger partial charge in [-0.15, -0.1) is 0 Å². The molecule has 11 nitrogen and oxygen atoms in total. The van der Waals surface area contributed by atoms with Crippen molar-refractivity contribution in [3.05, 3.63) is 102 Å². The molecule has 6 N–H and O–H groups in total. The zero-order valence-electron chi connectivity index (χ0n) is 35.3. The molecule has 0 fully saturated rings. The first-order chi connectivity index (χ1) is 28.2. The SMILES string of the molecule is CCCCCCCCC(CC(OC(c1ccccc1)(c1ccccc1)c1ccc(OC)cc1)C(N)=O)OC.O=C(O)CNNC(=O)CCCCCCCCCCCO. The highest BCUT2D eigenvalue weighted by atomic mass is 16.5. The van der Waals surface area contributed by atoms with Gasteiger partial charge in [-0.05, 0) is 48.1 Å². The van der Waals surface area contributed by atoms with Crippen LogP contribution < -0.4 is 21.3 Å². The summed E-state index contributed by atoms with van der Waals surface area (Å²) in [7, 11) is 3.34. The Morgan fingerprint density at radius 3 is 1.67 bits per heavy atom. The molecule has 58 heavy (non-hydrogen) atoms. The second-order valence-electron chi connectivity index (χ2n) is 14.8. The highest BCUT2D eigenvalue weighted by Gasteiger charge is 2.41. The van der Waals surface area contributed by atoms with E-state index >= 15 is 0 Å². The summed E-state index contributed by atoms with van der Waals surface area (Å²) >= 11 is 0. The molecule has 3 rings (SSSR count). The molecule has 0 saturated heterocycles. The Balaban J connectivity index is 0.000000492. The fourth-order valence-corrected chi connectivity index (χ4v) is 6.95. The zero-order valence-corrected chi connectivity index (χ0v) is 35.3. The molecule has 0 saturated carbocycles. The molecule has 2 atom stereocenters. The lowest BCUT2D eigenvalue weighted by Crippen LogP contribution is -2.44. The molecule has 0 aliphatic heterocycles. The summed E-state index contributed by atoms with van der Waals surface area (Å²) in [5.41, 5.74) is 12.3. The number of hydrogen-bond donors (Lipinski definition) is 5. The first-order valence-electron chi connectivity index (χ1n) is 21.3. The first-order valence-corrected chi connectivity index (χ1v) is 21.3. The van der Waals surface area contributed by atoms with E-state index in [0.29, 0.717) is 19.4 Å². The van der Waals surface area contributed by atoms with Gasteiger partial charge in [0.15, 0.2) is 0 Å². The molecular formula is C47H71N3O8. The van der Waals surface area contributed by atoms with Crippen LogP contribution in [0.15, 0.2) is 84.9 Å². The Morgan fingerprint density at radius 1 is 0.690 bits per heavy atom. The van der Waals surface area contributed by atoms with Gasteiger partial charge in [0.25, 0.3) is 0 Å². The monoisotopic (exact) mass is 806 g/mol. The number of ether oxygens (including phenoxy) is 3. The Labute approximate surface area is 347 Å². The summed E-state index contributed by atoms with van der Waals surface area (Å²) in [6, 6.07) is 27.8. The van der Waals surface area contributed by atoms with E-state index in [4.69, 9.17) is 30.2 Å². The fraction of sp³-hybridized carbons (Fsp3) is 0.553. The minimum Gasteiger partial charge on any atom is -0.497 e. The van der Waals surface area contributed by atoms with Gasteiger partial charge in [-0.1, -0.05) is 163 Å². The predicted molar refractivity (Wildman–Crippen MR) is 230 cm³/mol. The molecule has 0 aliphatic carbocycles. The number of carbonyl (C=O) groups excluding carboxylic acids is 2. The standard InChI is InChI=1S/C33H43NO4.C14H28N2O4/c1-4-5-6-7-8-15-20-30(37-3)25-31(32(34)35)38-33(26-16-11-9-12-17-26,27-18-13-10-14-19-27)28-21-23-29(36-2)24-22-28;17-11-9-7-5-3-1-2-4-6-8-10-13(18)16-15-12-14(19)20/h9-14,16-19,21-24,30-31H,4-8,15,20,25H2,1-3H3,(H2,34,35);15,17H,1-12H2,(H,16,18)(H,19,20). The normalized spacial score (nSPS) is 12.2. The average molecular weight is 806 g/mol. The molecule has 3 aromatic rings. The van der Waals surface area contributed by atoms with E-state index in [9.17, 15) is 14.4 Å². The topological polar surface area (TPSA) is 169 Å². The second-order valence-corrected chi connectivity index (χ2v) is 14.8. The third-order valence-electron chi connectivity index (χ3n) is 10.2. The Kier molecular flexibility index (Phi) is 26.4. The van der Waals surface area contributed by atoms with Gasteiger partial charge in [0.1, 0.15) is 24.0 Å². The van der Waals surface area contributed by atoms with E-state index in [-0.39, 0.29) is 18.6 Å². The fourth-order valence-electron chi connectivity index (χ4n) is 6.95. The maximum absolute atomic E-state index is 12.9. The molecular weight excluding hydrogens is 735 g/mol. The largest absolute Gasteiger partial charge is 0.497 e. The van der Waals surface area contributed by atoms with E-state index < -0.39 is 23.6 Å². The van der Waals surface area contributed by atoms with Crippen LogP contribution in [-0.4, -0.2) is 67.6 Å². The van der Waals surface area contributed by atoms with Gasteiger partial charge in [-0.25, -0.2) is 5.43 Å². The van der Waals surface area contributed by atoms with Crippen molar-refractivity contribution >= 4 is 17.8 Å². The molecule has 0 spiro atoms. The molecule has 0 heterocycles. The van der Waals surface area contributed by atoms with Crippen molar-refractivity contribution in [2.45, 2.75) is 140 Å². The second kappa shape index (κ2) is 30.7. The third-order valence-corrected chi connectivity index (χ3v) is 10.2. The van der Waals surface area contributed by atoms with Crippen molar-refractivity contribution in [3.8, 4) is 5.75 Å². The Hall–Kier alpha value is -4.29. The van der Waals surface area contributed by atoms with Gasteiger partial charge in [0.2, 0.25) is 11.8 Å². The number of methoxy groups -OCH3 is 2. The number of hydrazine groups is 1. The molecule has 11 heteroatoms. The number of aliphatic hydroxyl groups is 1. The number of carbonyl (C=O) groups is 3. The zero-order chi connectivity index (χ0) is 42.3. The van der Waals surface area contributed by atoms with Crippen LogP contribution in [0.4, 0.5) is 0 Å². The van der Waals surface area contributed by atoms with Crippen LogP contribution in [0, 0.1) is 0 Å². The van der Waals surface area contributed by atoms with Crippen LogP contribution in [-0.2, 0) is 29.5 Å². The molecule has 0 aliphatic rings. The molecule has 0 bridgehead atoms. The lowest BCUT2D eigenvalue weighted by Gasteiger charge is -2.39. The molecule has 0 aromatic heterocycles. The quantitative estimate of drug-likeness (QED) is 0.0243. The number of primary amides is 1. The van der Waals surface area contributed by atoms with Gasteiger partial charge in [-0.2, -0.15) is 0 Å². The lowest BCUT2D eigenvalue weighted by atomic mass is 9.79. The summed E-state index contributed by atoms with van der Waals surface area (Å²) in [5, 5.41) is 17.0. The van der Waals surface area contributed by atoms with Crippen LogP contribution in [0.5, 0.6) is 5.75 Å². The first kappa shape index (κ1) is 49.9. The molecule has 0 radical (unpaired) electrons. The summed E-state index contributed by atoms with van der Waals surface area (Å²) in [6.45, 7) is 2.26. The van der Waals surface area contributed by atoms with Gasteiger partial charge in [-0.3, -0.25) is 19.8 Å². The van der Waals surface area contributed by atoms with E-state index in [1.54, 1.807) is 14.2 Å². The lowest BCUT2D eigenvalue weighted by molar-refractivity contribution is -0.141. The predicted octanol–water partition coefficient (Wildman–Crippen LogP) is 8.60. The molecule has 2 unspecified atom stereocenters. The van der Waals surface area contributed by atoms with Crippen LogP contribution >= 0.6 is 0 Å². The van der Waals surface area contributed by atoms with Crippen molar-refractivity contribution in [3.63, 3.8) is 0 Å². The number of unbranched alkanes of at least 4 members (excludes halogenated alkanes) is 13. The number of rotatable bonds is 31. The maximum Gasteiger partial charge on any atom is 0.319 e. The van der Waals surface area contributed by atoms with E-state index in [2.05, 4.69) is 17.8 Å². The van der Waals surface area contributed by atoms with Crippen molar-refractivity contribution in [2.75, 3.05) is 27.4 Å². The number of carboxylic acids is 1. The summed E-state index contributed by atoms with van der Waals surface area (Å²) in [5.74, 6) is -0.909. The summed E-state index contributed by atoms with van der Waals surface area (Å²) in [6.07, 6.45) is 17.8. The smallest absolute Gasteiger partial charge is 0.319 e. The minimum atomic E-state index is -1.06. The number of nitrogens with one attached hydrogen (secondary N) is 2. The minimum absolute atomic E-state index is 0.126. The highest BCUT2D eigenvalue weighted by molar-refractivity contribution is 5.79. The van der Waals surface area contributed by atoms with Crippen LogP contribution in [0.1, 0.15) is 139 Å². The van der Waals surface area contributed by atoms with Gasteiger partial charge < -0.3 is 30.2 Å². The summed E-state index contributed by atoms with van der Waals surface area (Å²) in [4.78, 5) is 34.4. The van der Waals surface area contributed by atoms with Gasteiger partial charge >= 0.3 is 5.97 Å². The number of carboxylic acid groups (broad SMARTS) is 1. The third kappa shape index (κ3) is 19.4. The van der Waals surface area contributed by atoms with E-state index in [1.807, 2.05) is 84.9 Å². The highest BCUT2D eigenvalue weighted by Crippen LogP contribution is 2.42. The van der Waals surface area contributed by atoms with Crippen LogP contribution in [0.3, 0.4) is 0 Å². The van der Waals surface area contributed by atoms with Crippen molar-refractivity contribution < 1.29 is 38.8 Å². The number of nitrogens with two attached hydrogens (primary N) is 1. The Morgan fingerprint density at radius 2 is 1.19 bits per heavy atom. The van der Waals surface area contributed by atoms with Gasteiger partial charge in [0.05, 0.1) is 13.2 Å². The Bertz CT molecular complexity index is 1470. The molecule has 3 aromatic carbocycles. The molecule has 322 valence electrons. The van der Waals surface area contributed by atoms with E-state index in [0.717, 1.165) is 73.8 Å². The maximum atomic E-state index is 12.9. The van der Waals surface area contributed by atoms with Crippen molar-refractivity contribution in [1.29, 1.82) is 0 Å². The van der Waals surface area contributed by atoms with Crippen molar-refractivity contribution in [1.82, 2.24) is 10.9 Å². The number of hydrogen-bond acceptors (Lipinski definition) is 8. The number of aliphatic hydroxyl groups excluding tert-OH is 1. The number of aliphatic carboxylic acids is 1. The van der Waals surface area contributed by atoms with Gasteiger partial charge in [0, 0.05) is 26.6 Å². The number of amides is 2. The van der Waals surface area contributed by atoms with Crippen LogP contribution in [0.2, 0.25) is 0 Å². The molecule has 2 amide bonds. The van der Waals surface area contributed by atoms with E-state index in [1.165, 1.54) is 51.4 Å². The van der Waals surface area contributed by atoms with Crippen LogP contribution in [0.25, 0.3) is 0 Å².